The van der Waals surface area contributed by atoms with E-state index in [9.17, 15) is 19.5 Å². The number of anilines is 1. The second-order valence-electron chi connectivity index (χ2n) is 9.54. The molecule has 3 amide bonds. The summed E-state index contributed by atoms with van der Waals surface area (Å²) in [6, 6.07) is 8.59. The number of hydrogen-bond acceptors (Lipinski definition) is 5. The molecule has 3 aliphatic rings. The fourth-order valence-electron chi connectivity index (χ4n) is 6.04. The van der Waals surface area contributed by atoms with Gasteiger partial charge in [0, 0.05) is 23.0 Å². The number of aliphatic hydroxyl groups is 1. The van der Waals surface area contributed by atoms with Crippen molar-refractivity contribution < 1.29 is 19.5 Å². The average molecular weight is 460 g/mol. The van der Waals surface area contributed by atoms with Gasteiger partial charge in [-0.1, -0.05) is 31.5 Å². The average Bonchev–Trinajstić information content (AvgIpc) is 3.30. The standard InChI is InChI=1S/C24H33N3O4S/c1-4-8-15(2)25-21(30)19-24-12-11-23(3,32-24)17(18(24)22(31)27(19)13-14-28)20(29)26-16-9-6-5-7-10-16/h5-7,9-10,15,17-19,28H,4,8,11-14H2,1-3H3,(H,25,30)(H,26,29)/t15?,17-,18+,19?,23+,24?/m1/s1. The van der Waals surface area contributed by atoms with Crippen LogP contribution >= 0.6 is 11.8 Å². The van der Waals surface area contributed by atoms with Gasteiger partial charge in [0.2, 0.25) is 17.7 Å². The first-order valence-electron chi connectivity index (χ1n) is 11.5. The van der Waals surface area contributed by atoms with Gasteiger partial charge in [0.1, 0.15) is 6.04 Å². The second kappa shape index (κ2) is 8.71. The number of carbonyl (C=O) groups excluding carboxylic acids is 3. The molecule has 1 spiro atoms. The minimum atomic E-state index is -0.673. The van der Waals surface area contributed by atoms with Crippen LogP contribution in [0.5, 0.6) is 0 Å². The highest BCUT2D eigenvalue weighted by molar-refractivity contribution is 8.02. The number of aliphatic hydroxyl groups excluding tert-OH is 1. The zero-order valence-corrected chi connectivity index (χ0v) is 19.8. The maximum Gasteiger partial charge on any atom is 0.244 e. The number of para-hydroxylation sites is 1. The van der Waals surface area contributed by atoms with Gasteiger partial charge < -0.3 is 20.6 Å². The van der Waals surface area contributed by atoms with Crippen LogP contribution < -0.4 is 10.6 Å². The highest BCUT2D eigenvalue weighted by Gasteiger charge is 2.77. The Labute approximate surface area is 193 Å². The Bertz CT molecular complexity index is 896. The first-order valence-corrected chi connectivity index (χ1v) is 12.4. The molecule has 7 nitrogen and oxygen atoms in total. The summed E-state index contributed by atoms with van der Waals surface area (Å²) < 4.78 is -1.05. The second-order valence-corrected chi connectivity index (χ2v) is 11.4. The molecule has 2 bridgehead atoms. The molecular weight excluding hydrogens is 426 g/mol. The number of hydrogen-bond donors (Lipinski definition) is 3. The Morgan fingerprint density at radius 3 is 2.62 bits per heavy atom. The lowest BCUT2D eigenvalue weighted by atomic mass is 9.66. The van der Waals surface area contributed by atoms with Gasteiger partial charge in [-0.05, 0) is 45.2 Å². The number of carbonyl (C=O) groups is 3. The first kappa shape index (κ1) is 23.1. The van der Waals surface area contributed by atoms with Gasteiger partial charge >= 0.3 is 0 Å². The Morgan fingerprint density at radius 1 is 1.25 bits per heavy atom. The van der Waals surface area contributed by atoms with Gasteiger partial charge in [-0.15, -0.1) is 11.8 Å². The number of rotatable bonds is 8. The van der Waals surface area contributed by atoms with E-state index in [1.54, 1.807) is 11.8 Å². The van der Waals surface area contributed by atoms with Crippen LogP contribution in [-0.2, 0) is 14.4 Å². The topological polar surface area (TPSA) is 98.7 Å². The molecule has 0 aromatic heterocycles. The predicted molar refractivity (Wildman–Crippen MR) is 125 cm³/mol. The number of amides is 3. The van der Waals surface area contributed by atoms with E-state index < -0.39 is 27.4 Å². The van der Waals surface area contributed by atoms with Gasteiger partial charge in [0.05, 0.1) is 23.2 Å². The molecule has 3 aliphatic heterocycles. The SMILES string of the molecule is CCCC(C)NC(=O)C1N(CCO)C(=O)[C@@H]2[C@H](C(=O)Nc3ccccc3)[C@]3(C)CCC12S3. The quantitative estimate of drug-likeness (QED) is 0.555. The fraction of sp³-hybridized carbons (Fsp3) is 0.625. The largest absolute Gasteiger partial charge is 0.395 e. The van der Waals surface area contributed by atoms with Crippen LogP contribution in [0.15, 0.2) is 30.3 Å². The van der Waals surface area contributed by atoms with E-state index in [1.165, 1.54) is 4.90 Å². The Kier molecular flexibility index (Phi) is 6.29. The molecule has 0 saturated carbocycles. The summed E-state index contributed by atoms with van der Waals surface area (Å²) in [4.78, 5) is 42.1. The minimum Gasteiger partial charge on any atom is -0.395 e. The molecule has 3 fully saturated rings. The van der Waals surface area contributed by atoms with Crippen LogP contribution in [-0.4, -0.2) is 62.5 Å². The number of likely N-dealkylation sites (tertiary alicyclic amines) is 1. The van der Waals surface area contributed by atoms with Crippen LogP contribution in [0.4, 0.5) is 5.69 Å². The van der Waals surface area contributed by atoms with Gasteiger partial charge in [-0.25, -0.2) is 0 Å². The van der Waals surface area contributed by atoms with Gasteiger partial charge in [-0.2, -0.15) is 0 Å². The molecule has 174 valence electrons. The summed E-state index contributed by atoms with van der Waals surface area (Å²) in [6.07, 6.45) is 3.29. The van der Waals surface area contributed by atoms with E-state index in [-0.39, 0.29) is 36.9 Å². The highest BCUT2D eigenvalue weighted by atomic mass is 32.2. The predicted octanol–water partition coefficient (Wildman–Crippen LogP) is 2.40. The highest BCUT2D eigenvalue weighted by Crippen LogP contribution is 2.71. The Morgan fingerprint density at radius 2 is 1.97 bits per heavy atom. The van der Waals surface area contributed by atoms with Crippen LogP contribution in [0.25, 0.3) is 0 Å². The number of β-amino-alcohol motifs (C(OH)–C–C–N with tert-alkyl or cyclic N) is 1. The number of nitrogens with zero attached hydrogens (tertiary/aromatic N) is 1. The van der Waals surface area contributed by atoms with Gasteiger partial charge in [0.15, 0.2) is 0 Å². The van der Waals surface area contributed by atoms with E-state index in [4.69, 9.17) is 0 Å². The van der Waals surface area contributed by atoms with E-state index in [0.717, 1.165) is 19.3 Å². The Hall–Kier alpha value is -2.06. The zero-order valence-electron chi connectivity index (χ0n) is 19.0. The van der Waals surface area contributed by atoms with Gasteiger partial charge in [0.25, 0.3) is 0 Å². The van der Waals surface area contributed by atoms with Crippen molar-refractivity contribution in [1.82, 2.24) is 10.2 Å². The smallest absolute Gasteiger partial charge is 0.244 e. The lowest BCUT2D eigenvalue weighted by Gasteiger charge is -2.35. The monoisotopic (exact) mass is 459 g/mol. The van der Waals surface area contributed by atoms with Crippen molar-refractivity contribution in [3.63, 3.8) is 0 Å². The Balaban J connectivity index is 1.67. The molecule has 3 heterocycles. The van der Waals surface area contributed by atoms with Crippen LogP contribution in [0.3, 0.4) is 0 Å². The van der Waals surface area contributed by atoms with Crippen molar-refractivity contribution in [2.45, 2.75) is 68.0 Å². The summed E-state index contributed by atoms with van der Waals surface area (Å²) in [7, 11) is 0. The summed E-state index contributed by atoms with van der Waals surface area (Å²) in [5.74, 6) is -1.63. The molecule has 32 heavy (non-hydrogen) atoms. The third kappa shape index (κ3) is 3.61. The van der Waals surface area contributed by atoms with Crippen LogP contribution in [0.2, 0.25) is 0 Å². The molecule has 1 aromatic carbocycles. The molecule has 1 aromatic rings. The molecule has 6 atom stereocenters. The summed E-state index contributed by atoms with van der Waals surface area (Å²) in [6.45, 7) is 5.98. The molecular formula is C24H33N3O4S. The zero-order chi connectivity index (χ0) is 23.1. The molecule has 3 saturated heterocycles. The number of nitrogens with one attached hydrogen (secondary N) is 2. The van der Waals surface area contributed by atoms with Crippen LogP contribution in [0, 0.1) is 11.8 Å². The number of benzene rings is 1. The molecule has 8 heteroatoms. The molecule has 3 N–H and O–H groups in total. The van der Waals surface area contributed by atoms with Crippen molar-refractivity contribution in [3.8, 4) is 0 Å². The third-order valence-corrected chi connectivity index (χ3v) is 9.29. The van der Waals surface area contributed by atoms with Crippen LogP contribution in [0.1, 0.15) is 46.5 Å². The number of fused-ring (bicyclic) bond motifs is 1. The molecule has 4 rings (SSSR count). The van der Waals surface area contributed by atoms with Gasteiger partial charge in [-0.3, -0.25) is 14.4 Å². The number of thioether (sulfide) groups is 1. The lowest BCUT2D eigenvalue weighted by molar-refractivity contribution is -0.140. The van der Waals surface area contributed by atoms with Crippen molar-refractivity contribution in [1.29, 1.82) is 0 Å². The van der Waals surface area contributed by atoms with Crippen molar-refractivity contribution in [3.05, 3.63) is 30.3 Å². The van der Waals surface area contributed by atoms with E-state index in [0.29, 0.717) is 12.1 Å². The maximum absolute atomic E-state index is 13.6. The lowest BCUT2D eigenvalue weighted by Crippen LogP contribution is -2.55. The minimum absolute atomic E-state index is 0.00499. The molecule has 3 unspecified atom stereocenters. The molecule has 0 aliphatic carbocycles. The fourth-order valence-corrected chi connectivity index (χ4v) is 8.40. The molecule has 0 radical (unpaired) electrons. The normalized spacial score (nSPS) is 33.8. The van der Waals surface area contributed by atoms with E-state index in [1.807, 2.05) is 37.3 Å². The van der Waals surface area contributed by atoms with Crippen molar-refractivity contribution in [2.75, 3.05) is 18.5 Å². The maximum atomic E-state index is 13.6. The van der Waals surface area contributed by atoms with Crippen molar-refractivity contribution in [2.24, 2.45) is 11.8 Å². The first-order chi connectivity index (χ1) is 15.3. The summed E-state index contributed by atoms with van der Waals surface area (Å²) in [5.41, 5.74) is 0.697. The van der Waals surface area contributed by atoms with E-state index >= 15 is 0 Å². The van der Waals surface area contributed by atoms with E-state index in [2.05, 4.69) is 24.5 Å². The van der Waals surface area contributed by atoms with Crippen molar-refractivity contribution >= 4 is 35.2 Å². The third-order valence-electron chi connectivity index (χ3n) is 7.30. The summed E-state index contributed by atoms with van der Waals surface area (Å²) in [5, 5.41) is 15.7. The summed E-state index contributed by atoms with van der Waals surface area (Å²) >= 11 is 1.64.